The van der Waals surface area contributed by atoms with Crippen LogP contribution in [0.4, 0.5) is 0 Å². The average Bonchev–Trinajstić information content (AvgIpc) is 3.08. The minimum absolute atomic E-state index is 0.116. The zero-order chi connectivity index (χ0) is 15.9. The molecule has 0 spiro atoms. The topological polar surface area (TPSA) is 69.2 Å². The van der Waals surface area contributed by atoms with Gasteiger partial charge in [0.2, 0.25) is 5.91 Å². The molecule has 3 rings (SSSR count). The maximum atomic E-state index is 12.6. The van der Waals surface area contributed by atoms with Crippen LogP contribution in [0.1, 0.15) is 43.4 Å². The van der Waals surface area contributed by atoms with Gasteiger partial charge in [-0.3, -0.25) is 4.79 Å². The number of aryl methyl sites for hydroxylation is 1. The van der Waals surface area contributed by atoms with Gasteiger partial charge in [-0.1, -0.05) is 29.8 Å². The summed E-state index contributed by atoms with van der Waals surface area (Å²) in [6.45, 7) is 3.95. The Morgan fingerprint density at radius 1 is 1.14 bits per heavy atom. The number of aliphatic carboxylic acids is 1. The summed E-state index contributed by atoms with van der Waals surface area (Å²) in [7, 11) is 0. The van der Waals surface area contributed by atoms with Crippen molar-refractivity contribution >= 4 is 11.9 Å². The molecule has 118 valence electrons. The van der Waals surface area contributed by atoms with E-state index in [1.54, 1.807) is 0 Å². The molecule has 5 atom stereocenters. The molecule has 0 unspecified atom stereocenters. The van der Waals surface area contributed by atoms with Crippen molar-refractivity contribution in [3.05, 3.63) is 35.4 Å². The predicted octanol–water partition coefficient (Wildman–Crippen LogP) is 1.58. The first-order valence-electron chi connectivity index (χ1n) is 8.05. The van der Waals surface area contributed by atoms with Gasteiger partial charge < -0.3 is 15.2 Å². The van der Waals surface area contributed by atoms with Crippen molar-refractivity contribution in [2.75, 3.05) is 0 Å². The number of hydrogen-bond donors (Lipinski definition) is 1. The van der Waals surface area contributed by atoms with E-state index >= 15 is 0 Å². The van der Waals surface area contributed by atoms with Gasteiger partial charge in [-0.05, 0) is 50.5 Å². The number of fused-ring (bicyclic) bond motifs is 2. The van der Waals surface area contributed by atoms with E-state index in [2.05, 4.69) is 5.32 Å². The summed E-state index contributed by atoms with van der Waals surface area (Å²) in [6.07, 6.45) is 2.74. The Bertz CT molecular complexity index is 580. The Morgan fingerprint density at radius 2 is 1.73 bits per heavy atom. The third-order valence-electron chi connectivity index (χ3n) is 5.43. The highest BCUT2D eigenvalue weighted by molar-refractivity contribution is 5.85. The molecule has 1 N–H and O–H groups in total. The second-order valence-electron chi connectivity index (χ2n) is 6.84. The van der Waals surface area contributed by atoms with Crippen molar-refractivity contribution in [1.82, 2.24) is 5.32 Å². The molecule has 2 aliphatic carbocycles. The van der Waals surface area contributed by atoms with E-state index in [0.29, 0.717) is 0 Å². The molecule has 1 aromatic rings. The molecule has 0 saturated heterocycles. The van der Waals surface area contributed by atoms with Crippen molar-refractivity contribution in [2.45, 2.75) is 39.2 Å². The lowest BCUT2D eigenvalue weighted by atomic mass is 9.78. The van der Waals surface area contributed by atoms with Crippen molar-refractivity contribution in [2.24, 2.45) is 23.7 Å². The van der Waals surface area contributed by atoms with E-state index in [-0.39, 0.29) is 23.8 Å². The number of carboxylic acid groups (broad SMARTS) is 1. The van der Waals surface area contributed by atoms with Crippen molar-refractivity contribution < 1.29 is 14.7 Å². The monoisotopic (exact) mass is 300 g/mol. The van der Waals surface area contributed by atoms with E-state index in [1.807, 2.05) is 38.1 Å². The Labute approximate surface area is 130 Å². The fourth-order valence-corrected chi connectivity index (χ4v) is 4.26. The molecule has 4 heteroatoms. The molecular formula is C18H22NO3-. The SMILES string of the molecule is Cc1ccc([C@H](C)NC(=O)[C@@H]2[C@@H]3CC[C@@H](C3)[C@@H]2C(=O)[O-])cc1. The first-order chi connectivity index (χ1) is 10.5. The first-order valence-corrected chi connectivity index (χ1v) is 8.05. The number of carbonyl (C=O) groups excluding carboxylic acids is 2. The highest BCUT2D eigenvalue weighted by Crippen LogP contribution is 2.52. The summed E-state index contributed by atoms with van der Waals surface area (Å²) in [6, 6.07) is 7.91. The van der Waals surface area contributed by atoms with Crippen LogP contribution >= 0.6 is 0 Å². The maximum Gasteiger partial charge on any atom is 0.224 e. The van der Waals surface area contributed by atoms with Crippen LogP contribution < -0.4 is 10.4 Å². The van der Waals surface area contributed by atoms with E-state index in [0.717, 1.165) is 24.8 Å². The van der Waals surface area contributed by atoms with Gasteiger partial charge in [0.05, 0.1) is 6.04 Å². The van der Waals surface area contributed by atoms with Crippen LogP contribution in [-0.4, -0.2) is 11.9 Å². The van der Waals surface area contributed by atoms with Crippen LogP contribution in [0, 0.1) is 30.6 Å². The molecule has 0 radical (unpaired) electrons. The number of rotatable bonds is 4. The van der Waals surface area contributed by atoms with Crippen molar-refractivity contribution in [3.63, 3.8) is 0 Å². The third kappa shape index (κ3) is 2.62. The predicted molar refractivity (Wildman–Crippen MR) is 80.6 cm³/mol. The summed E-state index contributed by atoms with van der Waals surface area (Å²) in [5, 5.41) is 14.4. The Kier molecular flexibility index (Phi) is 3.94. The molecular weight excluding hydrogens is 278 g/mol. The molecule has 2 saturated carbocycles. The minimum Gasteiger partial charge on any atom is -0.550 e. The lowest BCUT2D eigenvalue weighted by Gasteiger charge is -2.31. The summed E-state index contributed by atoms with van der Waals surface area (Å²) >= 11 is 0. The summed E-state index contributed by atoms with van der Waals surface area (Å²) in [5.41, 5.74) is 2.21. The number of amides is 1. The van der Waals surface area contributed by atoms with Crippen molar-refractivity contribution in [1.29, 1.82) is 0 Å². The highest BCUT2D eigenvalue weighted by Gasteiger charge is 2.51. The van der Waals surface area contributed by atoms with Gasteiger partial charge in [-0.25, -0.2) is 0 Å². The van der Waals surface area contributed by atoms with Crippen LogP contribution in [-0.2, 0) is 9.59 Å². The molecule has 4 nitrogen and oxygen atoms in total. The molecule has 2 bridgehead atoms. The second kappa shape index (κ2) is 5.75. The smallest absolute Gasteiger partial charge is 0.224 e. The van der Waals surface area contributed by atoms with Crippen LogP contribution in [0.2, 0.25) is 0 Å². The van der Waals surface area contributed by atoms with Crippen LogP contribution in [0.5, 0.6) is 0 Å². The van der Waals surface area contributed by atoms with Crippen LogP contribution in [0.3, 0.4) is 0 Å². The minimum atomic E-state index is -1.06. The molecule has 1 aromatic carbocycles. The number of hydrogen-bond acceptors (Lipinski definition) is 3. The Hall–Kier alpha value is -1.84. The van der Waals surface area contributed by atoms with E-state index in [4.69, 9.17) is 0 Å². The fraction of sp³-hybridized carbons (Fsp3) is 0.556. The zero-order valence-corrected chi connectivity index (χ0v) is 13.0. The molecule has 2 fully saturated rings. The van der Waals surface area contributed by atoms with Gasteiger partial charge in [-0.15, -0.1) is 0 Å². The van der Waals surface area contributed by atoms with Crippen molar-refractivity contribution in [3.8, 4) is 0 Å². The average molecular weight is 300 g/mol. The zero-order valence-electron chi connectivity index (χ0n) is 13.0. The molecule has 0 aromatic heterocycles. The van der Waals surface area contributed by atoms with Gasteiger partial charge in [-0.2, -0.15) is 0 Å². The molecule has 0 aliphatic heterocycles. The number of nitrogens with one attached hydrogen (secondary N) is 1. The summed E-state index contributed by atoms with van der Waals surface area (Å²) in [5.74, 6) is -1.89. The Balaban J connectivity index is 1.71. The lowest BCUT2D eigenvalue weighted by molar-refractivity contribution is -0.314. The second-order valence-corrected chi connectivity index (χ2v) is 6.84. The molecule has 1 amide bonds. The van der Waals surface area contributed by atoms with Crippen LogP contribution in [0.15, 0.2) is 24.3 Å². The standard InChI is InChI=1S/C18H23NO3/c1-10-3-5-12(6-4-10)11(2)19-17(20)15-13-7-8-14(9-13)16(15)18(21)22/h3-6,11,13-16H,7-9H2,1-2H3,(H,19,20)(H,21,22)/p-1/t11-,13+,14-,15+,16-/m0/s1. The van der Waals surface area contributed by atoms with E-state index < -0.39 is 17.8 Å². The van der Waals surface area contributed by atoms with Gasteiger partial charge in [0.25, 0.3) is 0 Å². The number of benzene rings is 1. The summed E-state index contributed by atoms with van der Waals surface area (Å²) < 4.78 is 0. The quantitative estimate of drug-likeness (QED) is 0.918. The van der Waals surface area contributed by atoms with Gasteiger partial charge in [0.1, 0.15) is 0 Å². The number of carboxylic acids is 1. The number of carbonyl (C=O) groups is 2. The molecule has 22 heavy (non-hydrogen) atoms. The molecule has 0 heterocycles. The largest absolute Gasteiger partial charge is 0.550 e. The van der Waals surface area contributed by atoms with Gasteiger partial charge in [0.15, 0.2) is 0 Å². The Morgan fingerprint density at radius 3 is 2.32 bits per heavy atom. The first kappa shape index (κ1) is 15.1. The highest BCUT2D eigenvalue weighted by atomic mass is 16.4. The lowest BCUT2D eigenvalue weighted by Crippen LogP contribution is -2.46. The normalized spacial score (nSPS) is 31.0. The van der Waals surface area contributed by atoms with Gasteiger partial charge in [0, 0.05) is 17.8 Å². The van der Waals surface area contributed by atoms with Gasteiger partial charge >= 0.3 is 0 Å². The summed E-state index contributed by atoms with van der Waals surface area (Å²) in [4.78, 5) is 24.0. The van der Waals surface area contributed by atoms with E-state index in [1.165, 1.54) is 5.56 Å². The van der Waals surface area contributed by atoms with Crippen LogP contribution in [0.25, 0.3) is 0 Å². The fourth-order valence-electron chi connectivity index (χ4n) is 4.26. The third-order valence-corrected chi connectivity index (χ3v) is 5.43. The molecule has 2 aliphatic rings. The maximum absolute atomic E-state index is 12.6. The van der Waals surface area contributed by atoms with E-state index in [9.17, 15) is 14.7 Å².